The van der Waals surface area contributed by atoms with Crippen molar-refractivity contribution in [1.82, 2.24) is 14.5 Å². The number of aromatic amines is 1. The second kappa shape index (κ2) is 6.01. The van der Waals surface area contributed by atoms with Crippen LogP contribution in [0.15, 0.2) is 11.0 Å². The summed E-state index contributed by atoms with van der Waals surface area (Å²) in [4.78, 5) is 18.3. The van der Waals surface area contributed by atoms with Crippen molar-refractivity contribution in [3.63, 3.8) is 0 Å². The van der Waals surface area contributed by atoms with Gasteiger partial charge >= 0.3 is 0 Å². The molecule has 112 valence electrons. The Kier molecular flexibility index (Phi) is 4.51. The Morgan fingerprint density at radius 3 is 2.86 bits per heavy atom. The molecule has 0 bridgehead atoms. The number of halogens is 1. The molecule has 2 rings (SSSR count). The molecule has 0 fully saturated rings. The molecule has 0 atom stereocenters. The van der Waals surface area contributed by atoms with Crippen LogP contribution in [-0.4, -0.2) is 29.2 Å². The average molecular weight is 325 g/mol. The topological polar surface area (TPSA) is 83.7 Å². The summed E-state index contributed by atoms with van der Waals surface area (Å²) < 4.78 is 7.27. The molecule has 0 aliphatic heterocycles. The summed E-state index contributed by atoms with van der Waals surface area (Å²) >= 11 is 5.77. The van der Waals surface area contributed by atoms with E-state index in [9.17, 15) is 4.79 Å². The summed E-state index contributed by atoms with van der Waals surface area (Å²) in [6.45, 7) is 7.71. The highest BCUT2D eigenvalue weighted by Crippen LogP contribution is 2.17. The van der Waals surface area contributed by atoms with E-state index in [2.05, 4.69) is 29.6 Å². The molecule has 0 saturated heterocycles. The third kappa shape index (κ3) is 3.72. The molecule has 0 aliphatic carbocycles. The average Bonchev–Trinajstić information content (AvgIpc) is 2.72. The largest absolute Gasteiger partial charge is 0.361 e. The number of nitrogens with zero attached hydrogens (tertiary/aromatic N) is 3. The van der Waals surface area contributed by atoms with E-state index < -0.39 is 13.6 Å². The molecule has 2 heterocycles. The monoisotopic (exact) mass is 324 g/mol. The molecule has 0 radical (unpaired) electrons. The van der Waals surface area contributed by atoms with Crippen molar-refractivity contribution >= 4 is 30.7 Å². The normalized spacial score (nSPS) is 11.8. The van der Waals surface area contributed by atoms with Crippen LogP contribution in [0.4, 0.5) is 0 Å². The molecule has 0 aliphatic rings. The number of rotatable bonds is 5. The Hall–Kier alpha value is -1.62. The van der Waals surface area contributed by atoms with Gasteiger partial charge in [0.2, 0.25) is 5.28 Å². The fourth-order valence-electron chi connectivity index (χ4n) is 1.89. The maximum absolute atomic E-state index is 11.9. The van der Waals surface area contributed by atoms with E-state index in [1.165, 1.54) is 0 Å². The Balaban J connectivity index is 2.25. The first-order valence-corrected chi connectivity index (χ1v) is 10.7. The highest BCUT2D eigenvalue weighted by molar-refractivity contribution is 6.76. The number of hydrogen-bond donors (Lipinski definition) is 1. The zero-order chi connectivity index (χ0) is 15.6. The van der Waals surface area contributed by atoms with Crippen molar-refractivity contribution in [1.29, 1.82) is 5.26 Å². The van der Waals surface area contributed by atoms with Crippen molar-refractivity contribution in [3.8, 4) is 6.07 Å². The van der Waals surface area contributed by atoms with Gasteiger partial charge in [0, 0.05) is 20.9 Å². The smallest absolute Gasteiger partial charge is 0.262 e. The van der Waals surface area contributed by atoms with Gasteiger partial charge in [0.15, 0.2) is 5.65 Å². The molecular formula is C13H17ClN4O2Si. The van der Waals surface area contributed by atoms with Crippen molar-refractivity contribution in [2.24, 2.45) is 0 Å². The number of aromatic nitrogens is 3. The van der Waals surface area contributed by atoms with Gasteiger partial charge in [0.25, 0.3) is 5.56 Å². The summed E-state index contributed by atoms with van der Waals surface area (Å²) in [5.41, 5.74) is 0.222. The fraction of sp³-hybridized carbons (Fsp3) is 0.462. The third-order valence-corrected chi connectivity index (χ3v) is 4.93. The van der Waals surface area contributed by atoms with Crippen LogP contribution in [0.1, 0.15) is 5.56 Å². The van der Waals surface area contributed by atoms with E-state index in [4.69, 9.17) is 21.6 Å². The zero-order valence-electron chi connectivity index (χ0n) is 12.2. The van der Waals surface area contributed by atoms with E-state index in [0.29, 0.717) is 12.3 Å². The number of fused-ring (bicyclic) bond motifs is 1. The van der Waals surface area contributed by atoms with Crippen molar-refractivity contribution in [2.75, 3.05) is 6.61 Å². The van der Waals surface area contributed by atoms with Gasteiger partial charge in [0.1, 0.15) is 18.2 Å². The SMILES string of the molecule is C[Si](C)(C)CCOCn1cc(C#N)c2c(=O)[nH]c(Cl)nc21. The number of ether oxygens (including phenoxy) is 1. The maximum Gasteiger partial charge on any atom is 0.262 e. The Labute approximate surface area is 128 Å². The first kappa shape index (κ1) is 15.8. The fourth-order valence-corrected chi connectivity index (χ4v) is 2.81. The first-order chi connectivity index (χ1) is 9.81. The van der Waals surface area contributed by atoms with Crippen molar-refractivity contribution in [3.05, 3.63) is 27.4 Å². The van der Waals surface area contributed by atoms with Crippen molar-refractivity contribution in [2.45, 2.75) is 32.4 Å². The number of nitrogens with one attached hydrogen (secondary N) is 1. The summed E-state index contributed by atoms with van der Waals surface area (Å²) in [6.07, 6.45) is 1.57. The Morgan fingerprint density at radius 2 is 2.24 bits per heavy atom. The minimum atomic E-state index is -1.15. The third-order valence-electron chi connectivity index (χ3n) is 3.04. The molecule has 0 amide bonds. The van der Waals surface area contributed by atoms with Crippen LogP contribution in [0.5, 0.6) is 0 Å². The number of nitriles is 1. The molecule has 0 aromatic carbocycles. The minimum Gasteiger partial charge on any atom is -0.361 e. The van der Waals surface area contributed by atoms with Crippen molar-refractivity contribution < 1.29 is 4.74 Å². The van der Waals surface area contributed by atoms with Gasteiger partial charge in [-0.05, 0) is 17.6 Å². The van der Waals surface area contributed by atoms with Gasteiger partial charge in [-0.25, -0.2) is 4.98 Å². The summed E-state index contributed by atoms with van der Waals surface area (Å²) in [5.74, 6) is 0. The van der Waals surface area contributed by atoms with Gasteiger partial charge in [-0.2, -0.15) is 5.26 Å². The lowest BCUT2D eigenvalue weighted by atomic mass is 10.3. The number of hydrogen-bond acceptors (Lipinski definition) is 4. The van der Waals surface area contributed by atoms with Gasteiger partial charge in [0.05, 0.1) is 5.56 Å². The van der Waals surface area contributed by atoms with Gasteiger partial charge in [-0.15, -0.1) is 0 Å². The second-order valence-electron chi connectivity index (χ2n) is 6.03. The van der Waals surface area contributed by atoms with Crippen LogP contribution < -0.4 is 5.56 Å². The summed E-state index contributed by atoms with van der Waals surface area (Å²) in [5, 5.41) is 9.35. The van der Waals surface area contributed by atoms with Crippen LogP contribution in [0, 0.1) is 11.3 Å². The van der Waals surface area contributed by atoms with E-state index in [-0.39, 0.29) is 23.0 Å². The van der Waals surface area contributed by atoms with Crippen LogP contribution in [0.3, 0.4) is 0 Å². The van der Waals surface area contributed by atoms with Gasteiger partial charge in [-0.3, -0.25) is 9.78 Å². The van der Waals surface area contributed by atoms with Crippen LogP contribution in [0.25, 0.3) is 11.0 Å². The molecule has 1 N–H and O–H groups in total. The first-order valence-electron chi connectivity index (χ1n) is 6.58. The maximum atomic E-state index is 11.9. The molecule has 2 aromatic heterocycles. The zero-order valence-corrected chi connectivity index (χ0v) is 14.0. The highest BCUT2D eigenvalue weighted by atomic mass is 35.5. The lowest BCUT2D eigenvalue weighted by Gasteiger charge is -2.15. The molecule has 2 aromatic rings. The van der Waals surface area contributed by atoms with E-state index >= 15 is 0 Å². The minimum absolute atomic E-state index is 0.00145. The molecule has 0 unspecified atom stereocenters. The second-order valence-corrected chi connectivity index (χ2v) is 12.0. The quantitative estimate of drug-likeness (QED) is 0.520. The standard InChI is InChI=1S/C13H17ClN4O2Si/c1-21(2,3)5-4-20-8-18-7-9(6-15)10-11(18)16-13(14)17-12(10)19/h7H,4-5,8H2,1-3H3,(H,16,17,19). The van der Waals surface area contributed by atoms with Crippen LogP contribution in [0.2, 0.25) is 31.0 Å². The Morgan fingerprint density at radius 1 is 1.52 bits per heavy atom. The predicted molar refractivity (Wildman–Crippen MR) is 84.2 cm³/mol. The van der Waals surface area contributed by atoms with Gasteiger partial charge < -0.3 is 9.30 Å². The highest BCUT2D eigenvalue weighted by Gasteiger charge is 2.15. The Bertz CT molecular complexity index is 754. The molecule has 21 heavy (non-hydrogen) atoms. The summed E-state index contributed by atoms with van der Waals surface area (Å²) in [7, 11) is -1.15. The van der Waals surface area contributed by atoms with E-state index in [1.807, 2.05) is 6.07 Å². The van der Waals surface area contributed by atoms with E-state index in [1.54, 1.807) is 10.8 Å². The lowest BCUT2D eigenvalue weighted by molar-refractivity contribution is 0.0898. The summed E-state index contributed by atoms with van der Waals surface area (Å²) in [6, 6.07) is 3.04. The predicted octanol–water partition coefficient (Wildman–Crippen LogP) is 2.56. The number of H-pyrrole nitrogens is 1. The van der Waals surface area contributed by atoms with Crippen LogP contribution >= 0.6 is 11.6 Å². The van der Waals surface area contributed by atoms with Gasteiger partial charge in [-0.1, -0.05) is 19.6 Å². The molecule has 6 nitrogen and oxygen atoms in total. The molecule has 0 spiro atoms. The van der Waals surface area contributed by atoms with Crippen LogP contribution in [-0.2, 0) is 11.5 Å². The molecular weight excluding hydrogens is 308 g/mol. The molecule has 8 heteroatoms. The lowest BCUT2D eigenvalue weighted by Crippen LogP contribution is -2.22. The van der Waals surface area contributed by atoms with E-state index in [0.717, 1.165) is 6.04 Å². The molecule has 0 saturated carbocycles.